The molecule has 2 aromatic heterocycles. The summed E-state index contributed by atoms with van der Waals surface area (Å²) in [5.41, 5.74) is 2.00. The number of rotatable bonds is 4. The molecule has 5 nitrogen and oxygen atoms in total. The monoisotopic (exact) mass is 353 g/mol. The molecule has 8 heteroatoms. The molecule has 22 heavy (non-hydrogen) atoms. The van der Waals surface area contributed by atoms with Crippen molar-refractivity contribution < 1.29 is 9.59 Å². The number of amides is 2. The van der Waals surface area contributed by atoms with E-state index in [-0.39, 0.29) is 18.4 Å². The molecular formula is C14H15N3O2S3. The number of aryl methyl sites for hydroxylation is 2. The molecule has 1 N–H and O–H groups in total. The first kappa shape index (κ1) is 15.5. The minimum Gasteiger partial charge on any atom is -0.323 e. The Hall–Kier alpha value is -1.38. The van der Waals surface area contributed by atoms with Crippen LogP contribution in [0.5, 0.6) is 0 Å². The summed E-state index contributed by atoms with van der Waals surface area (Å²) in [5.74, 6) is 0.869. The van der Waals surface area contributed by atoms with Gasteiger partial charge in [0.2, 0.25) is 11.8 Å². The van der Waals surface area contributed by atoms with E-state index in [0.29, 0.717) is 16.8 Å². The van der Waals surface area contributed by atoms with E-state index in [1.165, 1.54) is 32.9 Å². The van der Waals surface area contributed by atoms with Crippen LogP contribution in [-0.4, -0.2) is 39.9 Å². The van der Waals surface area contributed by atoms with Crippen LogP contribution in [0.1, 0.15) is 9.75 Å². The molecule has 1 aliphatic rings. The zero-order valence-corrected chi connectivity index (χ0v) is 14.7. The highest BCUT2D eigenvalue weighted by Gasteiger charge is 2.23. The topological polar surface area (TPSA) is 62.3 Å². The highest BCUT2D eigenvalue weighted by molar-refractivity contribution is 8.00. The second kappa shape index (κ2) is 6.39. The van der Waals surface area contributed by atoms with E-state index in [9.17, 15) is 9.59 Å². The van der Waals surface area contributed by atoms with Gasteiger partial charge in [-0.1, -0.05) is 0 Å². The third-order valence-corrected chi connectivity index (χ3v) is 5.90. The molecule has 2 amide bonds. The molecule has 0 atom stereocenters. The normalized spacial score (nSPS) is 14.6. The van der Waals surface area contributed by atoms with Crippen LogP contribution >= 0.6 is 34.4 Å². The summed E-state index contributed by atoms with van der Waals surface area (Å²) < 4.78 is 0. The van der Waals surface area contributed by atoms with Gasteiger partial charge in [0.05, 0.1) is 17.3 Å². The van der Waals surface area contributed by atoms with E-state index >= 15 is 0 Å². The van der Waals surface area contributed by atoms with Crippen LogP contribution in [-0.2, 0) is 9.59 Å². The van der Waals surface area contributed by atoms with Crippen molar-refractivity contribution in [1.29, 1.82) is 0 Å². The molecule has 116 valence electrons. The van der Waals surface area contributed by atoms with Crippen molar-refractivity contribution in [2.24, 2.45) is 0 Å². The summed E-state index contributed by atoms with van der Waals surface area (Å²) in [6.45, 7) is 4.24. The lowest BCUT2D eigenvalue weighted by Gasteiger charge is -2.12. The minimum atomic E-state index is -0.199. The Balaban J connectivity index is 1.65. The smallest absolute Gasteiger partial charge is 0.245 e. The van der Waals surface area contributed by atoms with Gasteiger partial charge in [-0.15, -0.1) is 34.4 Å². The van der Waals surface area contributed by atoms with E-state index in [4.69, 9.17) is 0 Å². The molecule has 0 spiro atoms. The summed E-state index contributed by atoms with van der Waals surface area (Å²) in [5, 5.41) is 5.29. The van der Waals surface area contributed by atoms with E-state index in [1.807, 2.05) is 5.38 Å². The Morgan fingerprint density at radius 2 is 2.27 bits per heavy atom. The van der Waals surface area contributed by atoms with Gasteiger partial charge < -0.3 is 10.2 Å². The lowest BCUT2D eigenvalue weighted by Crippen LogP contribution is -2.34. The van der Waals surface area contributed by atoms with Crippen LogP contribution in [0.2, 0.25) is 0 Å². The summed E-state index contributed by atoms with van der Waals surface area (Å²) in [7, 11) is 0. The van der Waals surface area contributed by atoms with E-state index < -0.39 is 0 Å². The fourth-order valence-electron chi connectivity index (χ4n) is 2.21. The number of carbonyl (C=O) groups excluding carboxylic acids is 2. The molecule has 0 bridgehead atoms. The number of thioether (sulfide) groups is 1. The number of nitrogens with zero attached hydrogens (tertiary/aromatic N) is 2. The van der Waals surface area contributed by atoms with Crippen LogP contribution in [0.4, 0.5) is 5.13 Å². The van der Waals surface area contributed by atoms with Crippen molar-refractivity contribution in [3.63, 3.8) is 0 Å². The highest BCUT2D eigenvalue weighted by atomic mass is 32.2. The first-order valence-electron chi connectivity index (χ1n) is 6.71. The van der Waals surface area contributed by atoms with Gasteiger partial charge in [0.15, 0.2) is 5.13 Å². The van der Waals surface area contributed by atoms with Gasteiger partial charge in [-0.05, 0) is 19.9 Å². The Kier molecular flexibility index (Phi) is 4.51. The van der Waals surface area contributed by atoms with Crippen LogP contribution < -0.4 is 5.32 Å². The van der Waals surface area contributed by atoms with Crippen molar-refractivity contribution in [1.82, 2.24) is 9.88 Å². The van der Waals surface area contributed by atoms with Crippen molar-refractivity contribution in [2.75, 3.05) is 23.5 Å². The lowest BCUT2D eigenvalue weighted by atomic mass is 10.2. The molecule has 2 aromatic rings. The summed E-state index contributed by atoms with van der Waals surface area (Å²) >= 11 is 4.67. The maximum Gasteiger partial charge on any atom is 0.245 e. The van der Waals surface area contributed by atoms with Gasteiger partial charge >= 0.3 is 0 Å². The SMILES string of the molecule is Cc1cc(-c2csc(NC(=O)CN3CSCC3=O)n2)c(C)s1. The van der Waals surface area contributed by atoms with E-state index in [1.54, 1.807) is 16.2 Å². The van der Waals surface area contributed by atoms with Gasteiger partial charge in [0.1, 0.15) is 6.54 Å². The van der Waals surface area contributed by atoms with Gasteiger partial charge in [0.25, 0.3) is 0 Å². The number of thiazole rings is 1. The minimum absolute atomic E-state index is 0.0179. The van der Waals surface area contributed by atoms with Crippen molar-refractivity contribution in [3.8, 4) is 11.3 Å². The molecule has 3 heterocycles. The van der Waals surface area contributed by atoms with Gasteiger partial charge in [0, 0.05) is 20.7 Å². The van der Waals surface area contributed by atoms with Crippen LogP contribution in [0.25, 0.3) is 11.3 Å². The maximum absolute atomic E-state index is 12.0. The van der Waals surface area contributed by atoms with Crippen molar-refractivity contribution in [3.05, 3.63) is 21.2 Å². The molecule has 0 unspecified atom stereocenters. The number of aromatic nitrogens is 1. The summed E-state index contributed by atoms with van der Waals surface area (Å²) in [6, 6.07) is 2.11. The molecule has 0 aromatic carbocycles. The molecule has 3 rings (SSSR count). The second-order valence-electron chi connectivity index (χ2n) is 4.98. The van der Waals surface area contributed by atoms with Gasteiger partial charge in [-0.3, -0.25) is 9.59 Å². The predicted octanol–water partition coefficient (Wildman–Crippen LogP) is 2.96. The quantitative estimate of drug-likeness (QED) is 0.918. The molecule has 0 saturated carbocycles. The molecule has 0 aliphatic carbocycles. The number of nitrogens with one attached hydrogen (secondary N) is 1. The standard InChI is InChI=1S/C14H15N3O2S3/c1-8-3-10(9(2)22-8)11-5-21-14(15-11)16-12(18)4-17-7-20-6-13(17)19/h3,5H,4,6-7H2,1-2H3,(H,15,16,18). The zero-order chi connectivity index (χ0) is 15.7. The highest BCUT2D eigenvalue weighted by Crippen LogP contribution is 2.32. The zero-order valence-electron chi connectivity index (χ0n) is 12.2. The van der Waals surface area contributed by atoms with Gasteiger partial charge in [-0.2, -0.15) is 0 Å². The van der Waals surface area contributed by atoms with Crippen LogP contribution in [0, 0.1) is 13.8 Å². The lowest BCUT2D eigenvalue weighted by molar-refractivity contribution is -0.130. The van der Waals surface area contributed by atoms with Crippen molar-refractivity contribution in [2.45, 2.75) is 13.8 Å². The average molecular weight is 353 g/mol. The molecule has 1 aliphatic heterocycles. The van der Waals surface area contributed by atoms with Crippen LogP contribution in [0.15, 0.2) is 11.4 Å². The second-order valence-corrected chi connectivity index (χ2v) is 8.26. The van der Waals surface area contributed by atoms with E-state index in [0.717, 1.165) is 11.3 Å². The third-order valence-electron chi connectivity index (χ3n) is 3.23. The predicted molar refractivity (Wildman–Crippen MR) is 92.6 cm³/mol. The Morgan fingerprint density at radius 1 is 1.45 bits per heavy atom. The number of hydrogen-bond donors (Lipinski definition) is 1. The molecule has 1 saturated heterocycles. The first-order valence-corrected chi connectivity index (χ1v) is 9.56. The Bertz CT molecular complexity index is 723. The fraction of sp³-hybridized carbons (Fsp3) is 0.357. The van der Waals surface area contributed by atoms with Crippen molar-refractivity contribution >= 4 is 51.4 Å². The fourth-order valence-corrected chi connectivity index (χ4v) is 4.78. The first-order chi connectivity index (χ1) is 10.5. The number of anilines is 1. The largest absolute Gasteiger partial charge is 0.323 e. The average Bonchev–Trinajstić information content (AvgIpc) is 3.13. The van der Waals surface area contributed by atoms with Crippen LogP contribution in [0.3, 0.4) is 0 Å². The Morgan fingerprint density at radius 3 is 2.91 bits per heavy atom. The van der Waals surface area contributed by atoms with E-state index in [2.05, 4.69) is 30.2 Å². The number of carbonyl (C=O) groups is 2. The number of thiophene rings is 1. The molecular weight excluding hydrogens is 338 g/mol. The summed E-state index contributed by atoms with van der Waals surface area (Å²) in [4.78, 5) is 32.0. The molecule has 1 fully saturated rings. The Labute approximate surface area is 140 Å². The third kappa shape index (κ3) is 3.34. The number of hydrogen-bond acceptors (Lipinski definition) is 6. The summed E-state index contributed by atoms with van der Waals surface area (Å²) in [6.07, 6.45) is 0. The van der Waals surface area contributed by atoms with Gasteiger partial charge in [-0.25, -0.2) is 4.98 Å². The molecule has 0 radical (unpaired) electrons. The maximum atomic E-state index is 12.0.